The minimum atomic E-state index is -2.47. The van der Waals surface area contributed by atoms with Gasteiger partial charge >= 0.3 is 0 Å². The van der Waals surface area contributed by atoms with Gasteiger partial charge in [0.05, 0.1) is 5.69 Å². The molecule has 0 bridgehead atoms. The number of nitrogens with one attached hydrogen (secondary N) is 1. The minimum Gasteiger partial charge on any atom is -0.323 e. The highest BCUT2D eigenvalue weighted by molar-refractivity contribution is 7.12. The van der Waals surface area contributed by atoms with Gasteiger partial charge in [0.15, 0.2) is 5.01 Å². The van der Waals surface area contributed by atoms with E-state index in [1.165, 1.54) is 0 Å². The molecule has 0 amide bonds. The van der Waals surface area contributed by atoms with Gasteiger partial charge in [-0.2, -0.15) is 0 Å². The number of rotatable bonds is 1. The molecular weight excluding hydrogens is 244 g/mol. The summed E-state index contributed by atoms with van der Waals surface area (Å²) >= 11 is 1.10. The Morgan fingerprint density at radius 2 is 2.12 bits per heavy atom. The van der Waals surface area contributed by atoms with Crippen LogP contribution in [0.3, 0.4) is 0 Å². The quantitative estimate of drug-likeness (QED) is 0.811. The summed E-state index contributed by atoms with van der Waals surface area (Å²) in [6, 6.07) is -0.107. The second kappa shape index (κ2) is 3.96. The SMILES string of the molecule is N[C@@H]1c2sc(C(F)F)nc2CC12CCNCC2. The van der Waals surface area contributed by atoms with E-state index in [-0.39, 0.29) is 16.5 Å². The summed E-state index contributed by atoms with van der Waals surface area (Å²) in [4.78, 5) is 4.95. The normalized spacial score (nSPS) is 26.7. The van der Waals surface area contributed by atoms with Gasteiger partial charge in [0.2, 0.25) is 0 Å². The van der Waals surface area contributed by atoms with E-state index in [1.54, 1.807) is 0 Å². The number of fused-ring (bicyclic) bond motifs is 1. The zero-order valence-electron chi connectivity index (χ0n) is 9.38. The lowest BCUT2D eigenvalue weighted by molar-refractivity contribution is 0.149. The number of halogens is 2. The van der Waals surface area contributed by atoms with Crippen molar-refractivity contribution in [2.24, 2.45) is 11.1 Å². The molecule has 0 unspecified atom stereocenters. The molecule has 0 aromatic carbocycles. The third-order valence-electron chi connectivity index (χ3n) is 3.99. The summed E-state index contributed by atoms with van der Waals surface area (Å²) in [7, 11) is 0. The first-order chi connectivity index (χ1) is 8.12. The molecule has 3 rings (SSSR count). The maximum Gasteiger partial charge on any atom is 0.289 e. The van der Waals surface area contributed by atoms with E-state index in [1.807, 2.05) is 0 Å². The Hall–Kier alpha value is -0.590. The van der Waals surface area contributed by atoms with Gasteiger partial charge in [0.25, 0.3) is 6.43 Å². The Balaban J connectivity index is 1.90. The lowest BCUT2D eigenvalue weighted by Gasteiger charge is -2.37. The highest BCUT2D eigenvalue weighted by Crippen LogP contribution is 2.52. The summed E-state index contributed by atoms with van der Waals surface area (Å²) in [6.07, 6.45) is 0.332. The van der Waals surface area contributed by atoms with Crippen molar-refractivity contribution < 1.29 is 8.78 Å². The van der Waals surface area contributed by atoms with Crippen LogP contribution in [0.15, 0.2) is 0 Å². The molecule has 1 saturated heterocycles. The first-order valence-corrected chi connectivity index (χ1v) is 6.68. The molecular formula is C11H15F2N3S. The van der Waals surface area contributed by atoms with Crippen LogP contribution < -0.4 is 11.1 Å². The van der Waals surface area contributed by atoms with Crippen LogP contribution in [0.4, 0.5) is 8.78 Å². The second-order valence-electron chi connectivity index (χ2n) is 4.93. The van der Waals surface area contributed by atoms with Crippen LogP contribution in [-0.2, 0) is 6.42 Å². The van der Waals surface area contributed by atoms with E-state index in [4.69, 9.17) is 5.73 Å². The van der Waals surface area contributed by atoms with Crippen molar-refractivity contribution in [2.75, 3.05) is 13.1 Å². The summed E-state index contributed by atoms with van der Waals surface area (Å²) in [6.45, 7) is 1.93. The molecule has 1 spiro atoms. The molecule has 1 aliphatic carbocycles. The van der Waals surface area contributed by atoms with Crippen molar-refractivity contribution in [3.05, 3.63) is 15.6 Å². The first kappa shape index (κ1) is 11.5. The zero-order valence-corrected chi connectivity index (χ0v) is 10.2. The van der Waals surface area contributed by atoms with Crippen LogP contribution in [0.2, 0.25) is 0 Å². The third-order valence-corrected chi connectivity index (χ3v) is 5.18. The molecule has 2 aliphatic rings. The Labute approximate surface area is 102 Å². The van der Waals surface area contributed by atoms with Crippen LogP contribution in [-0.4, -0.2) is 18.1 Å². The van der Waals surface area contributed by atoms with E-state index < -0.39 is 6.43 Å². The number of alkyl halides is 2. The fourth-order valence-electron chi connectivity index (χ4n) is 2.98. The number of aromatic nitrogens is 1. The standard InChI is InChI=1S/C11H15F2N3S/c12-9(13)10-16-6-5-11(1-3-15-4-2-11)8(14)7(6)17-10/h8-9,15H,1-5,14H2/t8-/m1/s1. The zero-order chi connectivity index (χ0) is 12.0. The Bertz CT molecular complexity index is 426. The van der Waals surface area contributed by atoms with Crippen molar-refractivity contribution in [1.29, 1.82) is 0 Å². The molecule has 1 atom stereocenters. The van der Waals surface area contributed by atoms with Gasteiger partial charge in [-0.25, -0.2) is 13.8 Å². The molecule has 1 fully saturated rings. The molecule has 0 radical (unpaired) electrons. The van der Waals surface area contributed by atoms with Crippen molar-refractivity contribution in [3.63, 3.8) is 0 Å². The van der Waals surface area contributed by atoms with E-state index in [9.17, 15) is 8.78 Å². The topological polar surface area (TPSA) is 50.9 Å². The first-order valence-electron chi connectivity index (χ1n) is 5.86. The third kappa shape index (κ3) is 1.70. The van der Waals surface area contributed by atoms with E-state index in [0.717, 1.165) is 54.3 Å². The fraction of sp³-hybridized carbons (Fsp3) is 0.727. The molecule has 17 heavy (non-hydrogen) atoms. The molecule has 94 valence electrons. The van der Waals surface area contributed by atoms with Crippen molar-refractivity contribution >= 4 is 11.3 Å². The van der Waals surface area contributed by atoms with Crippen LogP contribution in [0.25, 0.3) is 0 Å². The van der Waals surface area contributed by atoms with Gasteiger partial charge in [-0.15, -0.1) is 11.3 Å². The lowest BCUT2D eigenvalue weighted by atomic mass is 9.74. The number of hydrogen-bond acceptors (Lipinski definition) is 4. The van der Waals surface area contributed by atoms with Crippen LogP contribution in [0, 0.1) is 5.41 Å². The van der Waals surface area contributed by atoms with E-state index in [0.29, 0.717) is 0 Å². The second-order valence-corrected chi connectivity index (χ2v) is 5.99. The van der Waals surface area contributed by atoms with Gasteiger partial charge in [-0.3, -0.25) is 0 Å². The number of piperidine rings is 1. The minimum absolute atomic E-state index is 0.0695. The van der Waals surface area contributed by atoms with Gasteiger partial charge in [-0.1, -0.05) is 0 Å². The Kier molecular flexibility index (Phi) is 2.68. The maximum absolute atomic E-state index is 12.6. The molecule has 1 aromatic rings. The highest BCUT2D eigenvalue weighted by Gasteiger charge is 2.47. The van der Waals surface area contributed by atoms with Crippen LogP contribution >= 0.6 is 11.3 Å². The van der Waals surface area contributed by atoms with Gasteiger partial charge < -0.3 is 11.1 Å². The lowest BCUT2D eigenvalue weighted by Crippen LogP contribution is -2.42. The van der Waals surface area contributed by atoms with Gasteiger partial charge in [0.1, 0.15) is 0 Å². The van der Waals surface area contributed by atoms with E-state index >= 15 is 0 Å². The van der Waals surface area contributed by atoms with Gasteiger partial charge in [-0.05, 0) is 37.8 Å². The molecule has 1 aromatic heterocycles. The van der Waals surface area contributed by atoms with Crippen molar-refractivity contribution in [2.45, 2.75) is 31.7 Å². The predicted octanol–water partition coefficient (Wildman–Crippen LogP) is 2.01. The van der Waals surface area contributed by atoms with E-state index in [2.05, 4.69) is 10.3 Å². The molecule has 1 aliphatic heterocycles. The average Bonchev–Trinajstić information content (AvgIpc) is 2.81. The summed E-state index contributed by atoms with van der Waals surface area (Å²) in [5.74, 6) is 0. The fourth-order valence-corrected chi connectivity index (χ4v) is 4.06. The van der Waals surface area contributed by atoms with Crippen LogP contribution in [0.5, 0.6) is 0 Å². The maximum atomic E-state index is 12.6. The van der Waals surface area contributed by atoms with Crippen molar-refractivity contribution in [3.8, 4) is 0 Å². The van der Waals surface area contributed by atoms with Crippen molar-refractivity contribution in [1.82, 2.24) is 10.3 Å². The molecule has 3 N–H and O–H groups in total. The van der Waals surface area contributed by atoms with Crippen LogP contribution in [0.1, 0.15) is 40.9 Å². The summed E-state index contributed by atoms with van der Waals surface area (Å²) in [5, 5.41) is 3.24. The number of nitrogens with two attached hydrogens (primary N) is 1. The highest BCUT2D eigenvalue weighted by atomic mass is 32.1. The molecule has 0 saturated carbocycles. The van der Waals surface area contributed by atoms with Gasteiger partial charge in [0, 0.05) is 10.9 Å². The number of nitrogens with zero attached hydrogens (tertiary/aromatic N) is 1. The largest absolute Gasteiger partial charge is 0.323 e. The Morgan fingerprint density at radius 3 is 2.71 bits per heavy atom. The predicted molar refractivity (Wildman–Crippen MR) is 62.2 cm³/mol. The smallest absolute Gasteiger partial charge is 0.289 e. The monoisotopic (exact) mass is 259 g/mol. The average molecular weight is 259 g/mol. The molecule has 2 heterocycles. The summed E-state index contributed by atoms with van der Waals surface area (Å²) in [5.41, 5.74) is 7.16. The molecule has 3 nitrogen and oxygen atoms in total. The number of hydrogen-bond donors (Lipinski definition) is 2. The molecule has 6 heteroatoms. The summed E-state index contributed by atoms with van der Waals surface area (Å²) < 4.78 is 25.2. The Morgan fingerprint density at radius 1 is 1.41 bits per heavy atom. The number of thiazole rings is 1.